The van der Waals surface area contributed by atoms with Crippen molar-refractivity contribution in [2.75, 3.05) is 13.2 Å². The van der Waals surface area contributed by atoms with Gasteiger partial charge in [0.15, 0.2) is 0 Å². The second-order valence-electron chi connectivity index (χ2n) is 4.01. The molecule has 19 heavy (non-hydrogen) atoms. The number of nitrogens with zero attached hydrogens (tertiary/aromatic N) is 1. The Kier molecular flexibility index (Phi) is 4.49. The van der Waals surface area contributed by atoms with E-state index in [2.05, 4.69) is 0 Å². The first-order valence-electron chi connectivity index (χ1n) is 5.28. The highest BCUT2D eigenvalue weighted by molar-refractivity contribution is 5.95. The molecular formula is C11H12F2N2O4. The first-order valence-corrected chi connectivity index (χ1v) is 5.28. The highest BCUT2D eigenvalue weighted by Crippen LogP contribution is 2.17. The zero-order valence-electron chi connectivity index (χ0n) is 10.0. The first kappa shape index (κ1) is 15.0. The van der Waals surface area contributed by atoms with Crippen LogP contribution in [0.5, 0.6) is 0 Å². The van der Waals surface area contributed by atoms with Crippen LogP contribution in [0.25, 0.3) is 0 Å². The third-order valence-electron chi connectivity index (χ3n) is 2.27. The number of alkyl halides is 2. The van der Waals surface area contributed by atoms with E-state index in [4.69, 9.17) is 5.11 Å². The highest BCUT2D eigenvalue weighted by atomic mass is 19.3. The van der Waals surface area contributed by atoms with E-state index in [1.54, 1.807) is 6.92 Å². The van der Waals surface area contributed by atoms with Crippen LogP contribution in [0, 0.1) is 17.0 Å². The van der Waals surface area contributed by atoms with E-state index in [0.717, 1.165) is 6.07 Å². The quantitative estimate of drug-likeness (QED) is 0.624. The van der Waals surface area contributed by atoms with Gasteiger partial charge in [-0.05, 0) is 18.6 Å². The van der Waals surface area contributed by atoms with Gasteiger partial charge in [0, 0.05) is 17.7 Å². The molecule has 0 spiro atoms. The lowest BCUT2D eigenvalue weighted by Crippen LogP contribution is -2.39. The summed E-state index contributed by atoms with van der Waals surface area (Å²) in [5.74, 6) is -4.29. The van der Waals surface area contributed by atoms with Gasteiger partial charge in [-0.25, -0.2) is 8.78 Å². The highest BCUT2D eigenvalue weighted by Gasteiger charge is 2.28. The standard InChI is InChI=1S/C11H12F2N2O4/c1-7-2-8(4-9(3-7)15(18)19)10(17)14-5-11(12,13)6-16/h2-4,16H,5-6H2,1H3,(H,14,17). The smallest absolute Gasteiger partial charge is 0.287 e. The third-order valence-corrected chi connectivity index (χ3v) is 2.27. The van der Waals surface area contributed by atoms with Crippen molar-refractivity contribution < 1.29 is 23.6 Å². The molecule has 0 aliphatic rings. The second kappa shape index (κ2) is 5.70. The average Bonchev–Trinajstić information content (AvgIpc) is 2.35. The predicted molar refractivity (Wildman–Crippen MR) is 62.2 cm³/mol. The number of carbonyl (C=O) groups is 1. The van der Waals surface area contributed by atoms with Crippen molar-refractivity contribution in [2.24, 2.45) is 0 Å². The fraction of sp³-hybridized carbons (Fsp3) is 0.364. The zero-order valence-corrected chi connectivity index (χ0v) is 10.0. The summed E-state index contributed by atoms with van der Waals surface area (Å²) in [6.07, 6.45) is 0. The summed E-state index contributed by atoms with van der Waals surface area (Å²) in [6, 6.07) is 3.61. The Morgan fingerprint density at radius 2 is 2.11 bits per heavy atom. The Labute approximate surface area is 107 Å². The van der Waals surface area contributed by atoms with Gasteiger partial charge in [-0.2, -0.15) is 0 Å². The number of aliphatic hydroxyl groups is 1. The maximum absolute atomic E-state index is 12.7. The number of aliphatic hydroxyl groups excluding tert-OH is 1. The van der Waals surface area contributed by atoms with Crippen LogP contribution < -0.4 is 5.32 Å². The Hall–Kier alpha value is -2.09. The Bertz CT molecular complexity index is 505. The molecule has 0 bridgehead atoms. The van der Waals surface area contributed by atoms with E-state index in [1.807, 2.05) is 5.32 Å². The van der Waals surface area contributed by atoms with Crippen LogP contribution in [-0.2, 0) is 0 Å². The number of rotatable bonds is 5. The van der Waals surface area contributed by atoms with E-state index in [-0.39, 0.29) is 11.3 Å². The number of nitrogens with one attached hydrogen (secondary N) is 1. The van der Waals surface area contributed by atoms with Gasteiger partial charge in [0.25, 0.3) is 17.5 Å². The molecule has 0 aliphatic heterocycles. The molecule has 1 aromatic rings. The molecule has 1 rings (SSSR count). The molecule has 0 saturated carbocycles. The number of hydrogen-bond donors (Lipinski definition) is 2. The zero-order chi connectivity index (χ0) is 14.6. The number of nitro groups is 1. The van der Waals surface area contributed by atoms with Gasteiger partial charge in [-0.3, -0.25) is 14.9 Å². The van der Waals surface area contributed by atoms with E-state index in [9.17, 15) is 23.7 Å². The fourth-order valence-electron chi connectivity index (χ4n) is 1.37. The van der Waals surface area contributed by atoms with E-state index < -0.39 is 29.9 Å². The van der Waals surface area contributed by atoms with E-state index in [0.29, 0.717) is 5.56 Å². The maximum atomic E-state index is 12.7. The number of carbonyl (C=O) groups excluding carboxylic acids is 1. The molecule has 8 heteroatoms. The number of nitro benzene ring substituents is 1. The maximum Gasteiger partial charge on any atom is 0.287 e. The summed E-state index contributed by atoms with van der Waals surface area (Å²) < 4.78 is 25.5. The van der Waals surface area contributed by atoms with Crippen molar-refractivity contribution in [3.8, 4) is 0 Å². The monoisotopic (exact) mass is 274 g/mol. The van der Waals surface area contributed by atoms with Crippen molar-refractivity contribution in [3.05, 3.63) is 39.4 Å². The summed E-state index contributed by atoms with van der Waals surface area (Å²) in [5, 5.41) is 20.9. The lowest BCUT2D eigenvalue weighted by Gasteiger charge is -2.14. The van der Waals surface area contributed by atoms with Crippen LogP contribution in [0.15, 0.2) is 18.2 Å². The molecule has 0 heterocycles. The molecule has 0 saturated heterocycles. The van der Waals surface area contributed by atoms with Crippen LogP contribution in [0.1, 0.15) is 15.9 Å². The molecule has 6 nitrogen and oxygen atoms in total. The topological polar surface area (TPSA) is 92.5 Å². The lowest BCUT2D eigenvalue weighted by atomic mass is 10.1. The largest absolute Gasteiger partial charge is 0.390 e. The molecule has 104 valence electrons. The van der Waals surface area contributed by atoms with Gasteiger partial charge in [0.05, 0.1) is 11.5 Å². The van der Waals surface area contributed by atoms with Crippen LogP contribution in [-0.4, -0.2) is 35.0 Å². The van der Waals surface area contributed by atoms with Gasteiger partial charge in [-0.15, -0.1) is 0 Å². The van der Waals surface area contributed by atoms with Crippen molar-refractivity contribution in [2.45, 2.75) is 12.8 Å². The number of hydrogen-bond acceptors (Lipinski definition) is 4. The van der Waals surface area contributed by atoms with Crippen LogP contribution in [0.3, 0.4) is 0 Å². The molecular weight excluding hydrogens is 262 g/mol. The van der Waals surface area contributed by atoms with Crippen LogP contribution in [0.4, 0.5) is 14.5 Å². The second-order valence-corrected chi connectivity index (χ2v) is 4.01. The van der Waals surface area contributed by atoms with Crippen LogP contribution in [0.2, 0.25) is 0 Å². The van der Waals surface area contributed by atoms with Gasteiger partial charge in [0.2, 0.25) is 0 Å². The summed E-state index contributed by atoms with van der Waals surface area (Å²) in [6.45, 7) is -0.878. The summed E-state index contributed by atoms with van der Waals surface area (Å²) in [4.78, 5) is 21.5. The summed E-state index contributed by atoms with van der Waals surface area (Å²) >= 11 is 0. The molecule has 0 aromatic heterocycles. The van der Waals surface area contributed by atoms with Crippen molar-refractivity contribution in [3.63, 3.8) is 0 Å². The third kappa shape index (κ3) is 4.25. The minimum absolute atomic E-state index is 0.0829. The summed E-state index contributed by atoms with van der Waals surface area (Å²) in [7, 11) is 0. The number of amides is 1. The molecule has 0 atom stereocenters. The molecule has 0 aliphatic carbocycles. The number of aryl methyl sites for hydroxylation is 1. The van der Waals surface area contributed by atoms with Crippen molar-refractivity contribution in [1.82, 2.24) is 5.32 Å². The Morgan fingerprint density at radius 3 is 2.63 bits per heavy atom. The molecule has 1 amide bonds. The SMILES string of the molecule is Cc1cc(C(=O)NCC(F)(F)CO)cc([N+](=O)[O-])c1. The molecule has 1 aromatic carbocycles. The molecule has 0 radical (unpaired) electrons. The predicted octanol–water partition coefficient (Wildman–Crippen LogP) is 1.26. The average molecular weight is 274 g/mol. The number of halogens is 2. The number of benzene rings is 1. The minimum Gasteiger partial charge on any atom is -0.390 e. The van der Waals surface area contributed by atoms with Gasteiger partial charge in [0.1, 0.15) is 6.61 Å². The molecule has 2 N–H and O–H groups in total. The van der Waals surface area contributed by atoms with Crippen molar-refractivity contribution in [1.29, 1.82) is 0 Å². The molecule has 0 fully saturated rings. The van der Waals surface area contributed by atoms with E-state index >= 15 is 0 Å². The van der Waals surface area contributed by atoms with E-state index in [1.165, 1.54) is 12.1 Å². The van der Waals surface area contributed by atoms with Gasteiger partial charge >= 0.3 is 0 Å². The van der Waals surface area contributed by atoms with Crippen LogP contribution >= 0.6 is 0 Å². The Balaban J connectivity index is 2.85. The van der Waals surface area contributed by atoms with Gasteiger partial charge < -0.3 is 10.4 Å². The fourth-order valence-corrected chi connectivity index (χ4v) is 1.37. The van der Waals surface area contributed by atoms with Crippen molar-refractivity contribution >= 4 is 11.6 Å². The molecule has 0 unspecified atom stereocenters. The van der Waals surface area contributed by atoms with Gasteiger partial charge in [-0.1, -0.05) is 0 Å². The summed E-state index contributed by atoms with van der Waals surface area (Å²) in [5.41, 5.74) is 0.0905. The Morgan fingerprint density at radius 1 is 1.47 bits per heavy atom. The normalized spacial score (nSPS) is 11.2. The lowest BCUT2D eigenvalue weighted by molar-refractivity contribution is -0.384. The number of non-ortho nitro benzene ring substituents is 1. The minimum atomic E-state index is -3.43. The first-order chi connectivity index (χ1) is 8.75.